The molecular weight excluding hydrogens is 376 g/mol. The minimum absolute atomic E-state index is 0.0140. The van der Waals surface area contributed by atoms with E-state index in [1.54, 1.807) is 14.2 Å². The standard InChI is InChI=1S/C24H32N4O2/c1-27-12-11-17(14-22(27)25)13-21-23(29-2)28(24(21)30-3)16-26-15-19-9-6-8-18-7-4-5-10-20(18)19/h4-12,14,21-24,26H,13,15-16,25H2,1-3H3. The van der Waals surface area contributed by atoms with Crippen molar-refractivity contribution < 1.29 is 9.47 Å². The number of nitrogens with two attached hydrogens (primary N) is 1. The van der Waals surface area contributed by atoms with Crippen LogP contribution in [-0.4, -0.2) is 56.4 Å². The van der Waals surface area contributed by atoms with Crippen LogP contribution in [0.3, 0.4) is 0 Å². The maximum Gasteiger partial charge on any atom is 0.120 e. The zero-order chi connectivity index (χ0) is 21.1. The molecule has 6 nitrogen and oxygen atoms in total. The van der Waals surface area contributed by atoms with Gasteiger partial charge in [-0.1, -0.05) is 42.5 Å². The summed E-state index contributed by atoms with van der Waals surface area (Å²) in [6.45, 7) is 1.50. The summed E-state index contributed by atoms with van der Waals surface area (Å²) < 4.78 is 11.6. The number of nitrogens with zero attached hydrogens (tertiary/aromatic N) is 2. The van der Waals surface area contributed by atoms with Crippen LogP contribution in [0.2, 0.25) is 0 Å². The van der Waals surface area contributed by atoms with Crippen LogP contribution in [0.5, 0.6) is 0 Å². The fourth-order valence-electron chi connectivity index (χ4n) is 4.56. The predicted octanol–water partition coefficient (Wildman–Crippen LogP) is 2.82. The lowest BCUT2D eigenvalue weighted by Crippen LogP contribution is -2.67. The Labute approximate surface area is 178 Å². The van der Waals surface area contributed by atoms with Crippen LogP contribution in [0.1, 0.15) is 12.0 Å². The second kappa shape index (κ2) is 9.29. The Balaban J connectivity index is 1.37. The van der Waals surface area contributed by atoms with Gasteiger partial charge in [0.05, 0.1) is 12.8 Å². The van der Waals surface area contributed by atoms with Crippen LogP contribution in [0.25, 0.3) is 10.8 Å². The molecule has 0 aromatic heterocycles. The molecule has 0 bridgehead atoms. The maximum atomic E-state index is 6.14. The van der Waals surface area contributed by atoms with E-state index in [4.69, 9.17) is 15.2 Å². The number of ether oxygens (including phenoxy) is 2. The lowest BCUT2D eigenvalue weighted by Gasteiger charge is -2.53. The third kappa shape index (κ3) is 4.15. The SMILES string of the molecule is COC1C(CC2=CC(N)N(C)C=C2)C(OC)N1CNCc1cccc2ccccc12. The average Bonchev–Trinajstić information content (AvgIpc) is 2.75. The van der Waals surface area contributed by atoms with Gasteiger partial charge in [-0.3, -0.25) is 0 Å². The molecule has 0 aliphatic carbocycles. The Morgan fingerprint density at radius 2 is 1.77 bits per heavy atom. The van der Waals surface area contributed by atoms with E-state index in [-0.39, 0.29) is 24.5 Å². The van der Waals surface area contributed by atoms with Crippen molar-refractivity contribution >= 4 is 10.8 Å². The van der Waals surface area contributed by atoms with Gasteiger partial charge in [0.1, 0.15) is 12.5 Å². The number of hydrogen-bond acceptors (Lipinski definition) is 6. The van der Waals surface area contributed by atoms with Gasteiger partial charge < -0.3 is 25.4 Å². The molecule has 0 saturated carbocycles. The van der Waals surface area contributed by atoms with Crippen molar-refractivity contribution in [2.75, 3.05) is 27.9 Å². The molecule has 2 heterocycles. The third-order valence-electron chi connectivity index (χ3n) is 6.21. The smallest absolute Gasteiger partial charge is 0.120 e. The molecule has 3 atom stereocenters. The molecule has 0 spiro atoms. The molecule has 2 aliphatic heterocycles. The molecule has 2 aromatic carbocycles. The van der Waals surface area contributed by atoms with Crippen molar-refractivity contribution in [2.24, 2.45) is 11.7 Å². The Bertz CT molecular complexity index is 911. The lowest BCUT2D eigenvalue weighted by atomic mass is 9.86. The summed E-state index contributed by atoms with van der Waals surface area (Å²) in [5.74, 6) is 0.269. The van der Waals surface area contributed by atoms with Crippen LogP contribution >= 0.6 is 0 Å². The Morgan fingerprint density at radius 1 is 1.03 bits per heavy atom. The van der Waals surface area contributed by atoms with Gasteiger partial charge >= 0.3 is 0 Å². The monoisotopic (exact) mass is 408 g/mol. The first-order chi connectivity index (χ1) is 14.6. The number of fused-ring (bicyclic) bond motifs is 1. The minimum Gasteiger partial charge on any atom is -0.366 e. The van der Waals surface area contributed by atoms with Gasteiger partial charge in [0, 0.05) is 39.9 Å². The number of hydrogen-bond donors (Lipinski definition) is 2. The van der Waals surface area contributed by atoms with Gasteiger partial charge in [-0.05, 0) is 40.5 Å². The fraction of sp³-hybridized carbons (Fsp3) is 0.417. The molecule has 30 heavy (non-hydrogen) atoms. The van der Waals surface area contributed by atoms with Crippen LogP contribution in [-0.2, 0) is 16.0 Å². The number of likely N-dealkylation sites (N-methyl/N-ethyl adjacent to an activating group) is 1. The minimum atomic E-state index is -0.0782. The second-order valence-electron chi connectivity index (χ2n) is 8.07. The lowest BCUT2D eigenvalue weighted by molar-refractivity contribution is -0.272. The van der Waals surface area contributed by atoms with E-state index in [1.165, 1.54) is 21.9 Å². The highest BCUT2D eigenvalue weighted by Gasteiger charge is 2.49. The molecular formula is C24H32N4O2. The number of benzene rings is 2. The summed E-state index contributed by atoms with van der Waals surface area (Å²) in [6, 6.07) is 14.9. The van der Waals surface area contributed by atoms with Gasteiger partial charge in [0.15, 0.2) is 0 Å². The van der Waals surface area contributed by atoms with Crippen molar-refractivity contribution in [3.63, 3.8) is 0 Å². The first-order valence-corrected chi connectivity index (χ1v) is 10.5. The van der Waals surface area contributed by atoms with Gasteiger partial charge in [-0.2, -0.15) is 0 Å². The average molecular weight is 409 g/mol. The van der Waals surface area contributed by atoms with E-state index in [0.29, 0.717) is 6.67 Å². The van der Waals surface area contributed by atoms with Crippen LogP contribution in [0, 0.1) is 5.92 Å². The number of rotatable bonds is 8. The summed E-state index contributed by atoms with van der Waals surface area (Å²) in [5.41, 5.74) is 8.67. The molecule has 2 aliphatic rings. The van der Waals surface area contributed by atoms with E-state index < -0.39 is 0 Å². The second-order valence-corrected chi connectivity index (χ2v) is 8.07. The molecule has 4 rings (SSSR count). The van der Waals surface area contributed by atoms with Crippen molar-refractivity contribution in [1.82, 2.24) is 15.1 Å². The molecule has 2 aromatic rings. The van der Waals surface area contributed by atoms with E-state index in [0.717, 1.165) is 13.0 Å². The maximum absolute atomic E-state index is 6.14. The van der Waals surface area contributed by atoms with Gasteiger partial charge in [0.25, 0.3) is 0 Å². The number of nitrogens with one attached hydrogen (secondary N) is 1. The van der Waals surface area contributed by atoms with E-state index in [1.807, 2.05) is 18.1 Å². The highest BCUT2D eigenvalue weighted by atomic mass is 16.5. The highest BCUT2D eigenvalue weighted by molar-refractivity contribution is 5.85. The summed E-state index contributed by atoms with van der Waals surface area (Å²) in [4.78, 5) is 4.23. The largest absolute Gasteiger partial charge is 0.366 e. The van der Waals surface area contributed by atoms with Crippen molar-refractivity contribution in [1.29, 1.82) is 0 Å². The van der Waals surface area contributed by atoms with Gasteiger partial charge in [-0.15, -0.1) is 0 Å². The first kappa shape index (κ1) is 21.0. The predicted molar refractivity (Wildman–Crippen MR) is 120 cm³/mol. The van der Waals surface area contributed by atoms with E-state index in [9.17, 15) is 0 Å². The van der Waals surface area contributed by atoms with E-state index >= 15 is 0 Å². The Morgan fingerprint density at radius 3 is 2.50 bits per heavy atom. The Hall–Kier alpha value is -2.22. The molecule has 6 heteroatoms. The van der Waals surface area contributed by atoms with Crippen LogP contribution in [0.15, 0.2) is 66.4 Å². The van der Waals surface area contributed by atoms with Crippen molar-refractivity contribution in [2.45, 2.75) is 31.6 Å². The number of methoxy groups -OCH3 is 2. The van der Waals surface area contributed by atoms with Gasteiger partial charge in [0.2, 0.25) is 0 Å². The van der Waals surface area contributed by atoms with Crippen molar-refractivity contribution in [3.8, 4) is 0 Å². The first-order valence-electron chi connectivity index (χ1n) is 10.5. The normalized spacial score (nSPS) is 26.7. The Kier molecular flexibility index (Phi) is 6.51. The fourth-order valence-corrected chi connectivity index (χ4v) is 4.56. The summed E-state index contributed by atoms with van der Waals surface area (Å²) in [6.07, 6.45) is 7.11. The summed E-state index contributed by atoms with van der Waals surface area (Å²) in [5, 5.41) is 6.13. The zero-order valence-corrected chi connectivity index (χ0v) is 18.0. The quantitative estimate of drug-likeness (QED) is 0.700. The van der Waals surface area contributed by atoms with Crippen LogP contribution < -0.4 is 11.1 Å². The third-order valence-corrected chi connectivity index (χ3v) is 6.21. The number of likely N-dealkylation sites (tertiary alicyclic amines) is 1. The van der Waals surface area contributed by atoms with E-state index in [2.05, 4.69) is 64.8 Å². The van der Waals surface area contributed by atoms with Crippen LogP contribution in [0.4, 0.5) is 0 Å². The molecule has 3 N–H and O–H groups in total. The molecule has 1 saturated heterocycles. The summed E-state index contributed by atoms with van der Waals surface area (Å²) in [7, 11) is 5.52. The zero-order valence-electron chi connectivity index (χ0n) is 18.0. The molecule has 160 valence electrons. The number of allylic oxidation sites excluding steroid dienone is 2. The van der Waals surface area contributed by atoms with Gasteiger partial charge in [-0.25, -0.2) is 4.90 Å². The molecule has 0 radical (unpaired) electrons. The summed E-state index contributed by atoms with van der Waals surface area (Å²) >= 11 is 0. The molecule has 1 fully saturated rings. The molecule has 3 unspecified atom stereocenters. The highest BCUT2D eigenvalue weighted by Crippen LogP contribution is 2.38. The van der Waals surface area contributed by atoms with Crippen molar-refractivity contribution in [3.05, 3.63) is 72.0 Å². The topological polar surface area (TPSA) is 63.0 Å². The molecule has 0 amide bonds.